The Balaban J connectivity index is 4.65. The molecular weight excluding hydrogens is 142 g/mol. The van der Waals surface area contributed by atoms with Crippen LogP contribution in [-0.4, -0.2) is 0 Å². The van der Waals surface area contributed by atoms with Gasteiger partial charge in [0, 0.05) is 0 Å². The van der Waals surface area contributed by atoms with Crippen LogP contribution in [0.25, 0.3) is 0 Å². The molecule has 0 spiro atoms. The van der Waals surface area contributed by atoms with Crippen molar-refractivity contribution in [3.05, 3.63) is 0 Å². The van der Waals surface area contributed by atoms with E-state index in [1.807, 2.05) is 0 Å². The third kappa shape index (κ3) is 317. The first-order valence-corrected chi connectivity index (χ1v) is 3.18. The molecule has 0 aliphatic rings. The summed E-state index contributed by atoms with van der Waals surface area (Å²) in [5, 5.41) is 0. The van der Waals surface area contributed by atoms with Gasteiger partial charge < -0.3 is 0 Å². The molecule has 0 rings (SSSR count). The van der Waals surface area contributed by atoms with Crippen molar-refractivity contribution in [3.8, 4) is 0 Å². The molecule has 1 N–H and O–H groups in total. The molecule has 4 heteroatoms. The molecular formula is HMoNO2. The maximum atomic E-state index is 8.81. The van der Waals surface area contributed by atoms with E-state index in [9.17, 15) is 0 Å². The van der Waals surface area contributed by atoms with E-state index < -0.39 is 17.1 Å². The van der Waals surface area contributed by atoms with Gasteiger partial charge in [-0.3, -0.25) is 0 Å². The topological polar surface area (TPSA) is 58.0 Å². The normalized spacial score (nSPS) is 6.00. The molecule has 24 valence electrons. The van der Waals surface area contributed by atoms with Gasteiger partial charge in [-0.15, -0.1) is 0 Å². The van der Waals surface area contributed by atoms with Crippen LogP contribution in [0.3, 0.4) is 0 Å². The fraction of sp³-hybridized carbons (Fsp3) is 0. The molecule has 0 unspecified atom stereocenters. The molecule has 0 aromatic heterocycles. The van der Waals surface area contributed by atoms with Crippen molar-refractivity contribution in [2.24, 2.45) is 0 Å². The summed E-state index contributed by atoms with van der Waals surface area (Å²) in [7, 11) is 0. The molecule has 0 fully saturated rings. The Morgan fingerprint density at radius 3 is 1.50 bits per heavy atom. The maximum absolute atomic E-state index is 8.81. The summed E-state index contributed by atoms with van der Waals surface area (Å²) in [5.74, 6) is 0. The summed E-state index contributed by atoms with van der Waals surface area (Å²) >= 11 is -3.61. The summed E-state index contributed by atoms with van der Waals surface area (Å²) in [6, 6.07) is 0. The molecule has 0 aliphatic heterocycles. The number of hydrogen-bond donors (Lipinski definition) is 1. The molecule has 0 bridgehead atoms. The standard InChI is InChI=1S/Mo.HN.2O/h;1H;;. The van der Waals surface area contributed by atoms with Crippen molar-refractivity contribution in [2.75, 3.05) is 0 Å². The van der Waals surface area contributed by atoms with Gasteiger partial charge in [0.25, 0.3) is 0 Å². The van der Waals surface area contributed by atoms with Crippen LogP contribution in [0.15, 0.2) is 0 Å². The van der Waals surface area contributed by atoms with E-state index in [4.69, 9.17) is 10.7 Å². The van der Waals surface area contributed by atoms with Gasteiger partial charge in [0.2, 0.25) is 0 Å². The second-order valence-corrected chi connectivity index (χ2v) is 1.39. The van der Waals surface area contributed by atoms with Crippen LogP contribution in [0.5, 0.6) is 0 Å². The van der Waals surface area contributed by atoms with Crippen LogP contribution in [0, 0.1) is 3.91 Å². The van der Waals surface area contributed by atoms with Gasteiger partial charge in [0.15, 0.2) is 0 Å². The van der Waals surface area contributed by atoms with Gasteiger partial charge in [-0.1, -0.05) is 0 Å². The summed E-state index contributed by atoms with van der Waals surface area (Å²) in [6.07, 6.45) is 0. The van der Waals surface area contributed by atoms with E-state index in [0.29, 0.717) is 0 Å². The van der Waals surface area contributed by atoms with E-state index in [2.05, 4.69) is 0 Å². The Kier molecular flexibility index (Phi) is 1.44. The van der Waals surface area contributed by atoms with Gasteiger partial charge in [-0.25, -0.2) is 0 Å². The Morgan fingerprint density at radius 2 is 1.50 bits per heavy atom. The van der Waals surface area contributed by atoms with Crippen LogP contribution in [-0.2, 0) is 23.9 Å². The van der Waals surface area contributed by atoms with Crippen LogP contribution in [0.4, 0.5) is 0 Å². The number of nitrogens with one attached hydrogen (secondary N) is 1. The van der Waals surface area contributed by atoms with Crippen molar-refractivity contribution in [3.63, 3.8) is 0 Å². The van der Waals surface area contributed by atoms with Gasteiger partial charge in [0.05, 0.1) is 0 Å². The van der Waals surface area contributed by atoms with Crippen molar-refractivity contribution < 1.29 is 23.9 Å². The Labute approximate surface area is 28.4 Å². The van der Waals surface area contributed by atoms with E-state index in [-0.39, 0.29) is 0 Å². The molecule has 3 nitrogen and oxygen atoms in total. The van der Waals surface area contributed by atoms with Crippen molar-refractivity contribution >= 4 is 0 Å². The molecule has 4 heavy (non-hydrogen) atoms. The number of hydrogen-bond acceptors (Lipinski definition) is 3. The summed E-state index contributed by atoms with van der Waals surface area (Å²) < 4.78 is 23.3. The Morgan fingerprint density at radius 1 is 1.50 bits per heavy atom. The molecule has 0 aliphatic carbocycles. The average Bonchev–Trinajstić information content (AvgIpc) is 0.811. The minimum atomic E-state index is -3.61. The Hall–Kier alpha value is 0.0883. The zero-order chi connectivity index (χ0) is 3.58. The predicted molar refractivity (Wildman–Crippen MR) is 4.09 cm³/mol. The second kappa shape index (κ2) is 1.41. The second-order valence-electron chi connectivity index (χ2n) is 0.235. The van der Waals surface area contributed by atoms with E-state index in [0.717, 1.165) is 0 Å². The van der Waals surface area contributed by atoms with Crippen LogP contribution in [0.1, 0.15) is 0 Å². The fourth-order valence-corrected chi connectivity index (χ4v) is 0. The first-order valence-electron chi connectivity index (χ1n) is 0.537. The first kappa shape index (κ1) is 4.09. The number of rotatable bonds is 0. The molecule has 0 saturated heterocycles. The zero-order valence-electron chi connectivity index (χ0n) is 1.72. The van der Waals surface area contributed by atoms with Gasteiger partial charge >= 0.3 is 27.8 Å². The van der Waals surface area contributed by atoms with Crippen LogP contribution >= 0.6 is 0 Å². The van der Waals surface area contributed by atoms with E-state index in [1.54, 1.807) is 0 Å². The fourth-order valence-electron chi connectivity index (χ4n) is 0. The molecule has 0 amide bonds. The SMILES string of the molecule is [NH]=[Mo](=[O])=[O]. The summed E-state index contributed by atoms with van der Waals surface area (Å²) in [5.41, 5.74) is 0. The average molecular weight is 143 g/mol. The molecule has 0 aromatic rings. The summed E-state index contributed by atoms with van der Waals surface area (Å²) in [4.78, 5) is 0. The summed E-state index contributed by atoms with van der Waals surface area (Å²) in [6.45, 7) is 0. The Bertz CT molecular complexity index is 75.4. The van der Waals surface area contributed by atoms with Gasteiger partial charge in [-0.05, 0) is 0 Å². The molecule has 0 radical (unpaired) electrons. The molecule has 0 aromatic carbocycles. The van der Waals surface area contributed by atoms with Gasteiger partial charge in [-0.2, -0.15) is 0 Å². The monoisotopic (exact) mass is 145 g/mol. The van der Waals surface area contributed by atoms with Gasteiger partial charge in [0.1, 0.15) is 0 Å². The van der Waals surface area contributed by atoms with Crippen molar-refractivity contribution in [1.29, 1.82) is 3.91 Å². The molecule has 0 atom stereocenters. The minimum absolute atomic E-state index is 3.61. The predicted octanol–water partition coefficient (Wildman–Crippen LogP) is 0.0580. The van der Waals surface area contributed by atoms with Crippen molar-refractivity contribution in [1.82, 2.24) is 0 Å². The third-order valence-corrected chi connectivity index (χ3v) is 0. The zero-order valence-corrected chi connectivity index (χ0v) is 3.73. The molecule has 0 heterocycles. The van der Waals surface area contributed by atoms with Crippen LogP contribution in [0.2, 0.25) is 0 Å². The van der Waals surface area contributed by atoms with E-state index in [1.165, 1.54) is 0 Å². The third-order valence-electron chi connectivity index (χ3n) is 0. The van der Waals surface area contributed by atoms with E-state index >= 15 is 0 Å². The quantitative estimate of drug-likeness (QED) is 0.487. The van der Waals surface area contributed by atoms with Crippen molar-refractivity contribution in [2.45, 2.75) is 0 Å². The molecule has 0 saturated carbocycles. The van der Waals surface area contributed by atoms with Crippen LogP contribution < -0.4 is 0 Å². The first-order chi connectivity index (χ1) is 1.73.